The Morgan fingerprint density at radius 1 is 1.19 bits per heavy atom. The van der Waals surface area contributed by atoms with Gasteiger partial charge in [0.15, 0.2) is 0 Å². The minimum absolute atomic E-state index is 0.117. The zero-order chi connectivity index (χ0) is 15.2. The van der Waals surface area contributed by atoms with Crippen molar-refractivity contribution in [3.63, 3.8) is 0 Å². The largest absolute Gasteiger partial charge is 0.508 e. The third-order valence-electron chi connectivity index (χ3n) is 3.00. The fraction of sp³-hybridized carbons (Fsp3) is 0.188. The molecule has 0 saturated heterocycles. The molecule has 21 heavy (non-hydrogen) atoms. The van der Waals surface area contributed by atoms with E-state index < -0.39 is 0 Å². The number of halogens is 2. The molecule has 110 valence electrons. The van der Waals surface area contributed by atoms with Crippen molar-refractivity contribution in [1.29, 1.82) is 0 Å². The lowest BCUT2D eigenvalue weighted by atomic mass is 10.1. The van der Waals surface area contributed by atoms with Gasteiger partial charge in [-0.2, -0.15) is 0 Å². The van der Waals surface area contributed by atoms with Gasteiger partial charge >= 0.3 is 0 Å². The van der Waals surface area contributed by atoms with Crippen LogP contribution in [0.4, 0.5) is 4.39 Å². The monoisotopic (exact) mass is 351 g/mol. The number of phenols is 1. The van der Waals surface area contributed by atoms with Crippen molar-refractivity contribution >= 4 is 21.8 Å². The summed E-state index contributed by atoms with van der Waals surface area (Å²) in [6.45, 7) is 0.491. The van der Waals surface area contributed by atoms with Gasteiger partial charge in [-0.1, -0.05) is 18.2 Å². The van der Waals surface area contributed by atoms with E-state index in [1.165, 1.54) is 6.07 Å². The number of benzene rings is 2. The number of phenolic OH excluding ortho intramolecular Hbond substituents is 1. The molecular formula is C16H15BrFNO2. The molecule has 2 aromatic rings. The number of rotatable bonds is 5. The van der Waals surface area contributed by atoms with Crippen LogP contribution < -0.4 is 5.32 Å². The summed E-state index contributed by atoms with van der Waals surface area (Å²) in [6.07, 6.45) is 0.853. The maximum absolute atomic E-state index is 13.1. The average Bonchev–Trinajstić information content (AvgIpc) is 2.43. The Hall–Kier alpha value is -1.88. The van der Waals surface area contributed by atoms with Crippen molar-refractivity contribution in [1.82, 2.24) is 5.32 Å². The summed E-state index contributed by atoms with van der Waals surface area (Å²) >= 11 is 3.10. The third-order valence-corrected chi connectivity index (χ3v) is 3.60. The van der Waals surface area contributed by atoms with Crippen LogP contribution in [0.3, 0.4) is 0 Å². The number of nitrogens with one attached hydrogen (secondary N) is 1. The predicted molar refractivity (Wildman–Crippen MR) is 82.6 cm³/mol. The van der Waals surface area contributed by atoms with Crippen LogP contribution in [0.1, 0.15) is 11.1 Å². The summed E-state index contributed by atoms with van der Waals surface area (Å²) in [5.41, 5.74) is 1.71. The average molecular weight is 352 g/mol. The standard InChI is InChI=1S/C16H15BrFNO2/c17-14-9-12(4-5-15(14)18)10-16(21)19-7-6-11-2-1-3-13(20)8-11/h1-5,8-9,20H,6-7,10H2,(H,19,21). The van der Waals surface area contributed by atoms with E-state index >= 15 is 0 Å². The van der Waals surface area contributed by atoms with E-state index in [-0.39, 0.29) is 23.9 Å². The van der Waals surface area contributed by atoms with Gasteiger partial charge in [-0.25, -0.2) is 4.39 Å². The molecular weight excluding hydrogens is 337 g/mol. The first-order valence-corrected chi connectivity index (χ1v) is 7.32. The number of hydrogen-bond acceptors (Lipinski definition) is 2. The minimum Gasteiger partial charge on any atom is -0.508 e. The van der Waals surface area contributed by atoms with Gasteiger partial charge in [0.25, 0.3) is 0 Å². The van der Waals surface area contributed by atoms with Crippen LogP contribution in [0.5, 0.6) is 5.75 Å². The molecule has 0 unspecified atom stereocenters. The number of aromatic hydroxyl groups is 1. The fourth-order valence-electron chi connectivity index (χ4n) is 1.96. The molecule has 0 radical (unpaired) electrons. The molecule has 3 nitrogen and oxygen atoms in total. The van der Waals surface area contributed by atoms with Gasteiger partial charge in [-0.15, -0.1) is 0 Å². The zero-order valence-electron chi connectivity index (χ0n) is 11.3. The molecule has 2 N–H and O–H groups in total. The molecule has 0 heterocycles. The van der Waals surface area contributed by atoms with E-state index in [9.17, 15) is 14.3 Å². The van der Waals surface area contributed by atoms with Crippen molar-refractivity contribution in [2.75, 3.05) is 6.54 Å². The predicted octanol–water partition coefficient (Wildman–Crippen LogP) is 3.20. The second kappa shape index (κ2) is 7.22. The Kier molecular flexibility index (Phi) is 5.33. The summed E-state index contributed by atoms with van der Waals surface area (Å²) < 4.78 is 13.4. The molecule has 0 aliphatic carbocycles. The van der Waals surface area contributed by atoms with Gasteiger partial charge < -0.3 is 10.4 Å². The Balaban J connectivity index is 1.81. The smallest absolute Gasteiger partial charge is 0.224 e. The van der Waals surface area contributed by atoms with Crippen molar-refractivity contribution in [3.05, 3.63) is 63.9 Å². The van der Waals surface area contributed by atoms with Gasteiger partial charge in [0.2, 0.25) is 5.91 Å². The molecule has 2 aromatic carbocycles. The van der Waals surface area contributed by atoms with Gasteiger partial charge in [0, 0.05) is 6.54 Å². The molecule has 0 atom stereocenters. The Morgan fingerprint density at radius 2 is 2.00 bits per heavy atom. The van der Waals surface area contributed by atoms with Gasteiger partial charge in [0.1, 0.15) is 11.6 Å². The maximum Gasteiger partial charge on any atom is 0.224 e. The van der Waals surface area contributed by atoms with Crippen LogP contribution >= 0.6 is 15.9 Å². The molecule has 0 spiro atoms. The highest BCUT2D eigenvalue weighted by Crippen LogP contribution is 2.17. The van der Waals surface area contributed by atoms with Gasteiger partial charge in [-0.05, 0) is 57.7 Å². The third kappa shape index (κ3) is 4.86. The van der Waals surface area contributed by atoms with Crippen LogP contribution in [0.2, 0.25) is 0 Å². The lowest BCUT2D eigenvalue weighted by Crippen LogP contribution is -2.27. The zero-order valence-corrected chi connectivity index (χ0v) is 12.9. The molecule has 0 fully saturated rings. The highest BCUT2D eigenvalue weighted by atomic mass is 79.9. The summed E-state index contributed by atoms with van der Waals surface area (Å²) in [5, 5.41) is 12.1. The summed E-state index contributed by atoms with van der Waals surface area (Å²) in [7, 11) is 0. The van der Waals surface area contributed by atoms with E-state index in [0.29, 0.717) is 17.4 Å². The van der Waals surface area contributed by atoms with Crippen molar-refractivity contribution in [2.24, 2.45) is 0 Å². The summed E-state index contributed by atoms with van der Waals surface area (Å²) in [4.78, 5) is 11.8. The molecule has 2 rings (SSSR count). The molecule has 0 aromatic heterocycles. The number of carbonyl (C=O) groups excluding carboxylic acids is 1. The van der Waals surface area contributed by atoms with Crippen molar-refractivity contribution in [3.8, 4) is 5.75 Å². The summed E-state index contributed by atoms with van der Waals surface area (Å²) in [6, 6.07) is 11.5. The number of hydrogen-bond donors (Lipinski definition) is 2. The van der Waals surface area contributed by atoms with Crippen LogP contribution in [-0.4, -0.2) is 17.6 Å². The lowest BCUT2D eigenvalue weighted by Gasteiger charge is -2.06. The SMILES string of the molecule is O=C(Cc1ccc(F)c(Br)c1)NCCc1cccc(O)c1. The van der Waals surface area contributed by atoms with Crippen LogP contribution in [0.15, 0.2) is 46.9 Å². The Bertz CT molecular complexity index is 646. The fourth-order valence-corrected chi connectivity index (χ4v) is 2.38. The van der Waals surface area contributed by atoms with Gasteiger partial charge in [-0.3, -0.25) is 4.79 Å². The van der Waals surface area contributed by atoms with Crippen LogP contribution in [0.25, 0.3) is 0 Å². The first-order chi connectivity index (χ1) is 10.0. The maximum atomic E-state index is 13.1. The first-order valence-electron chi connectivity index (χ1n) is 6.53. The molecule has 0 bridgehead atoms. The van der Waals surface area contributed by atoms with Gasteiger partial charge in [0.05, 0.1) is 10.9 Å². The highest BCUT2D eigenvalue weighted by molar-refractivity contribution is 9.10. The Labute approximate surface area is 130 Å². The molecule has 5 heteroatoms. The number of amides is 1. The van der Waals surface area contributed by atoms with E-state index in [1.807, 2.05) is 6.07 Å². The first kappa shape index (κ1) is 15.5. The molecule has 0 aliphatic rings. The quantitative estimate of drug-likeness (QED) is 0.868. The normalized spacial score (nSPS) is 10.4. The van der Waals surface area contributed by atoms with Crippen LogP contribution in [-0.2, 0) is 17.6 Å². The molecule has 0 saturated carbocycles. The van der Waals surface area contributed by atoms with E-state index in [0.717, 1.165) is 11.1 Å². The second-order valence-electron chi connectivity index (χ2n) is 4.70. The van der Waals surface area contributed by atoms with E-state index in [2.05, 4.69) is 21.2 Å². The summed E-state index contributed by atoms with van der Waals surface area (Å²) in [5.74, 6) is -0.244. The van der Waals surface area contributed by atoms with Crippen LogP contribution in [0, 0.1) is 5.82 Å². The highest BCUT2D eigenvalue weighted by Gasteiger charge is 2.06. The van der Waals surface area contributed by atoms with Crippen molar-refractivity contribution < 1.29 is 14.3 Å². The topological polar surface area (TPSA) is 49.3 Å². The van der Waals surface area contributed by atoms with E-state index in [4.69, 9.17) is 0 Å². The van der Waals surface area contributed by atoms with Crippen molar-refractivity contribution in [2.45, 2.75) is 12.8 Å². The minimum atomic E-state index is -0.344. The molecule has 1 amide bonds. The second-order valence-corrected chi connectivity index (χ2v) is 5.55. The number of carbonyl (C=O) groups is 1. The lowest BCUT2D eigenvalue weighted by molar-refractivity contribution is -0.120. The molecule has 0 aliphatic heterocycles. The van der Waals surface area contributed by atoms with E-state index in [1.54, 1.807) is 30.3 Å². The Morgan fingerprint density at radius 3 is 2.71 bits per heavy atom.